The second kappa shape index (κ2) is 5.46. The van der Waals surface area contributed by atoms with Crippen LogP contribution in [0.5, 0.6) is 0 Å². The van der Waals surface area contributed by atoms with Gasteiger partial charge in [0.05, 0.1) is 0 Å². The van der Waals surface area contributed by atoms with Crippen LogP contribution in [0.15, 0.2) is 23.3 Å². The quantitative estimate of drug-likeness (QED) is 0.629. The van der Waals surface area contributed by atoms with Crippen molar-refractivity contribution >= 4 is 11.6 Å². The van der Waals surface area contributed by atoms with Crippen molar-refractivity contribution in [1.29, 1.82) is 0 Å². The number of hydrogen-bond acceptors (Lipinski definition) is 1. The topological polar surface area (TPSA) is 3.24 Å². The highest BCUT2D eigenvalue weighted by atomic mass is 35.5. The van der Waals surface area contributed by atoms with Gasteiger partial charge in [0.2, 0.25) is 0 Å². The summed E-state index contributed by atoms with van der Waals surface area (Å²) in [5.74, 6) is 0. The molecule has 1 nitrogen and oxygen atoms in total. The zero-order chi connectivity index (χ0) is 9.68. The largest absolute Gasteiger partial charge is 0.300 e. The number of nitrogens with zero attached hydrogens (tertiary/aromatic N) is 1. The Kier molecular flexibility index (Phi) is 4.54. The summed E-state index contributed by atoms with van der Waals surface area (Å²) in [4.78, 5) is 2.39. The van der Waals surface area contributed by atoms with E-state index < -0.39 is 0 Å². The zero-order valence-electron chi connectivity index (χ0n) is 8.46. The first-order chi connectivity index (χ1) is 6.24. The Morgan fingerprint density at radius 1 is 1.54 bits per heavy atom. The third kappa shape index (κ3) is 3.53. The molecular weight excluding hydrogens is 182 g/mol. The molecule has 0 aliphatic heterocycles. The standard InChI is InChI=1S/C11H18ClN/c1-3-10(12)6-5-9-13(2)11-7-4-8-11/h3,5-6,11H,4,7-9H2,1-2H3. The minimum absolute atomic E-state index is 0.814. The molecule has 0 spiro atoms. The Labute approximate surface area is 86.1 Å². The SMILES string of the molecule is CC=C(Cl)C=CCN(C)C1CCC1. The summed E-state index contributed by atoms with van der Waals surface area (Å²) >= 11 is 5.83. The zero-order valence-corrected chi connectivity index (χ0v) is 9.22. The molecule has 0 aromatic rings. The van der Waals surface area contributed by atoms with Gasteiger partial charge in [0.15, 0.2) is 0 Å². The average molecular weight is 200 g/mol. The first-order valence-electron chi connectivity index (χ1n) is 4.92. The van der Waals surface area contributed by atoms with Gasteiger partial charge in [-0.1, -0.05) is 30.2 Å². The first kappa shape index (κ1) is 10.8. The lowest BCUT2D eigenvalue weighted by molar-refractivity contribution is 0.175. The van der Waals surface area contributed by atoms with E-state index in [4.69, 9.17) is 11.6 Å². The fraction of sp³-hybridized carbons (Fsp3) is 0.636. The van der Waals surface area contributed by atoms with Crippen LogP contribution in [0.1, 0.15) is 26.2 Å². The van der Waals surface area contributed by atoms with Gasteiger partial charge in [-0.15, -0.1) is 0 Å². The average Bonchev–Trinajstić information content (AvgIpc) is 2.01. The van der Waals surface area contributed by atoms with Crippen LogP contribution in [0, 0.1) is 0 Å². The molecule has 0 saturated heterocycles. The molecule has 13 heavy (non-hydrogen) atoms. The van der Waals surface area contributed by atoms with Gasteiger partial charge in [0, 0.05) is 17.6 Å². The molecule has 0 aromatic heterocycles. The summed E-state index contributed by atoms with van der Waals surface area (Å²) < 4.78 is 0. The molecular formula is C11H18ClN. The molecule has 74 valence electrons. The minimum Gasteiger partial charge on any atom is -0.300 e. The molecule has 0 heterocycles. The van der Waals surface area contributed by atoms with E-state index in [1.165, 1.54) is 19.3 Å². The summed E-state index contributed by atoms with van der Waals surface area (Å²) in [5.41, 5.74) is 0. The molecule has 1 aliphatic rings. The molecule has 1 fully saturated rings. The molecule has 0 amide bonds. The summed E-state index contributed by atoms with van der Waals surface area (Å²) in [5, 5.41) is 0.821. The first-order valence-corrected chi connectivity index (χ1v) is 5.30. The van der Waals surface area contributed by atoms with Gasteiger partial charge in [-0.05, 0) is 32.9 Å². The van der Waals surface area contributed by atoms with Gasteiger partial charge < -0.3 is 0 Å². The van der Waals surface area contributed by atoms with E-state index in [9.17, 15) is 0 Å². The van der Waals surface area contributed by atoms with E-state index in [-0.39, 0.29) is 0 Å². The predicted molar refractivity (Wildman–Crippen MR) is 59.0 cm³/mol. The summed E-state index contributed by atoms with van der Waals surface area (Å²) in [7, 11) is 2.18. The Morgan fingerprint density at radius 3 is 2.69 bits per heavy atom. The smallest absolute Gasteiger partial charge is 0.0360 e. The van der Waals surface area contributed by atoms with Gasteiger partial charge in [0.1, 0.15) is 0 Å². The van der Waals surface area contributed by atoms with Crippen molar-refractivity contribution in [2.75, 3.05) is 13.6 Å². The van der Waals surface area contributed by atoms with Crippen molar-refractivity contribution in [2.24, 2.45) is 0 Å². The molecule has 0 atom stereocenters. The molecule has 0 unspecified atom stereocenters. The monoisotopic (exact) mass is 199 g/mol. The number of hydrogen-bond donors (Lipinski definition) is 0. The predicted octanol–water partition coefficient (Wildman–Crippen LogP) is 3.17. The Balaban J connectivity index is 2.20. The van der Waals surface area contributed by atoms with Crippen LogP contribution in [0.2, 0.25) is 0 Å². The molecule has 0 bridgehead atoms. The number of likely N-dealkylation sites (N-methyl/N-ethyl adjacent to an activating group) is 1. The van der Waals surface area contributed by atoms with Gasteiger partial charge in [0.25, 0.3) is 0 Å². The van der Waals surface area contributed by atoms with Crippen LogP contribution < -0.4 is 0 Å². The summed E-state index contributed by atoms with van der Waals surface area (Å²) in [6.45, 7) is 2.96. The Hall–Kier alpha value is -0.270. The number of rotatable bonds is 4. The third-order valence-electron chi connectivity index (χ3n) is 2.64. The van der Waals surface area contributed by atoms with E-state index in [0.29, 0.717) is 0 Å². The normalized spacial score (nSPS) is 19.8. The highest BCUT2D eigenvalue weighted by molar-refractivity contribution is 6.31. The van der Waals surface area contributed by atoms with Crippen LogP contribution in [-0.2, 0) is 0 Å². The van der Waals surface area contributed by atoms with Crippen molar-refractivity contribution in [3.05, 3.63) is 23.3 Å². The van der Waals surface area contributed by atoms with E-state index >= 15 is 0 Å². The van der Waals surface area contributed by atoms with Gasteiger partial charge in [-0.2, -0.15) is 0 Å². The molecule has 1 aliphatic carbocycles. The molecule has 2 heteroatoms. The van der Waals surface area contributed by atoms with Gasteiger partial charge in [-0.25, -0.2) is 0 Å². The summed E-state index contributed by atoms with van der Waals surface area (Å²) in [6, 6.07) is 0.814. The van der Waals surface area contributed by atoms with Crippen molar-refractivity contribution in [3.8, 4) is 0 Å². The Bertz CT molecular complexity index is 204. The van der Waals surface area contributed by atoms with Crippen LogP contribution in [0.25, 0.3) is 0 Å². The lowest BCUT2D eigenvalue weighted by Gasteiger charge is -2.33. The summed E-state index contributed by atoms with van der Waals surface area (Å²) in [6.07, 6.45) is 10.1. The lowest BCUT2D eigenvalue weighted by atomic mass is 9.92. The van der Waals surface area contributed by atoms with Crippen LogP contribution in [0.4, 0.5) is 0 Å². The molecule has 0 radical (unpaired) electrons. The number of halogens is 1. The maximum Gasteiger partial charge on any atom is 0.0360 e. The number of allylic oxidation sites excluding steroid dienone is 3. The maximum atomic E-state index is 5.83. The maximum absolute atomic E-state index is 5.83. The van der Waals surface area contributed by atoms with Crippen molar-refractivity contribution < 1.29 is 0 Å². The third-order valence-corrected chi connectivity index (χ3v) is 2.99. The second-order valence-corrected chi connectivity index (χ2v) is 4.04. The van der Waals surface area contributed by atoms with E-state index in [1.54, 1.807) is 0 Å². The minimum atomic E-state index is 0.814. The van der Waals surface area contributed by atoms with Crippen LogP contribution in [-0.4, -0.2) is 24.5 Å². The molecule has 1 rings (SSSR count). The molecule has 0 N–H and O–H groups in total. The van der Waals surface area contributed by atoms with Crippen molar-refractivity contribution in [3.63, 3.8) is 0 Å². The fourth-order valence-corrected chi connectivity index (χ4v) is 1.49. The second-order valence-electron chi connectivity index (χ2n) is 3.60. The van der Waals surface area contributed by atoms with Gasteiger partial charge >= 0.3 is 0 Å². The van der Waals surface area contributed by atoms with Crippen molar-refractivity contribution in [1.82, 2.24) is 4.90 Å². The van der Waals surface area contributed by atoms with Crippen molar-refractivity contribution in [2.45, 2.75) is 32.2 Å². The fourth-order valence-electron chi connectivity index (χ4n) is 1.40. The van der Waals surface area contributed by atoms with E-state index in [0.717, 1.165) is 17.6 Å². The van der Waals surface area contributed by atoms with Crippen LogP contribution in [0.3, 0.4) is 0 Å². The van der Waals surface area contributed by atoms with E-state index in [1.807, 2.05) is 19.1 Å². The molecule has 0 aromatic carbocycles. The highest BCUT2D eigenvalue weighted by Crippen LogP contribution is 2.23. The lowest BCUT2D eigenvalue weighted by Crippen LogP contribution is -2.37. The highest BCUT2D eigenvalue weighted by Gasteiger charge is 2.20. The van der Waals surface area contributed by atoms with E-state index in [2.05, 4.69) is 18.0 Å². The van der Waals surface area contributed by atoms with Gasteiger partial charge in [-0.3, -0.25) is 4.90 Å². The Morgan fingerprint density at radius 2 is 2.23 bits per heavy atom. The molecule has 1 saturated carbocycles. The van der Waals surface area contributed by atoms with Crippen LogP contribution >= 0.6 is 11.6 Å².